The summed E-state index contributed by atoms with van der Waals surface area (Å²) in [5, 5.41) is 16.7. The van der Waals surface area contributed by atoms with Crippen LogP contribution in [0.15, 0.2) is 30.5 Å². The van der Waals surface area contributed by atoms with Crippen molar-refractivity contribution in [3.63, 3.8) is 0 Å². The molecule has 3 rings (SSSR count). The first-order valence-electron chi connectivity index (χ1n) is 9.92. The Morgan fingerprint density at radius 3 is 2.93 bits per heavy atom. The summed E-state index contributed by atoms with van der Waals surface area (Å²) < 4.78 is 13.6. The highest BCUT2D eigenvalue weighted by molar-refractivity contribution is 5.62. The molecule has 1 fully saturated rings. The van der Waals surface area contributed by atoms with Crippen LogP contribution in [0.25, 0.3) is 11.3 Å². The fourth-order valence-electron chi connectivity index (χ4n) is 3.81. The third kappa shape index (κ3) is 5.37. The molecule has 0 saturated carbocycles. The number of aliphatic hydroxyl groups excluding tert-OH is 1. The molecule has 0 aliphatic carbocycles. The lowest BCUT2D eigenvalue weighted by Crippen LogP contribution is -2.53. The number of nitrogens with zero attached hydrogens (tertiary/aromatic N) is 3. The van der Waals surface area contributed by atoms with Crippen LogP contribution < -0.4 is 0 Å². The van der Waals surface area contributed by atoms with E-state index in [4.69, 9.17) is 0 Å². The number of aromatic nitrogens is 2. The fourth-order valence-corrected chi connectivity index (χ4v) is 3.81. The summed E-state index contributed by atoms with van der Waals surface area (Å²) in [5.41, 5.74) is 2.79. The number of halogens is 1. The Bertz CT molecular complexity index is 718. The van der Waals surface area contributed by atoms with Gasteiger partial charge in [0.2, 0.25) is 0 Å². The van der Waals surface area contributed by atoms with E-state index in [1.165, 1.54) is 18.6 Å². The lowest BCUT2D eigenvalue weighted by Gasteiger charge is -2.41. The van der Waals surface area contributed by atoms with Crippen LogP contribution in [0.1, 0.15) is 32.3 Å². The van der Waals surface area contributed by atoms with Gasteiger partial charge in [0.1, 0.15) is 5.82 Å². The molecule has 27 heavy (non-hydrogen) atoms. The van der Waals surface area contributed by atoms with Crippen molar-refractivity contribution in [2.75, 3.05) is 32.8 Å². The minimum absolute atomic E-state index is 0.219. The van der Waals surface area contributed by atoms with Gasteiger partial charge in [-0.1, -0.05) is 26.0 Å². The van der Waals surface area contributed by atoms with Gasteiger partial charge in [0.05, 0.1) is 11.9 Å². The van der Waals surface area contributed by atoms with Crippen LogP contribution in [0, 0.1) is 11.7 Å². The molecule has 0 radical (unpaired) electrons. The Labute approximate surface area is 161 Å². The molecule has 0 unspecified atom stereocenters. The van der Waals surface area contributed by atoms with E-state index >= 15 is 0 Å². The van der Waals surface area contributed by atoms with Gasteiger partial charge in [0, 0.05) is 50.0 Å². The van der Waals surface area contributed by atoms with Crippen LogP contribution in [-0.4, -0.2) is 63.9 Å². The van der Waals surface area contributed by atoms with E-state index in [1.54, 1.807) is 6.07 Å². The molecular formula is C21H31FN4O. The number of piperazine rings is 1. The highest BCUT2D eigenvalue weighted by Gasteiger charge is 2.27. The molecule has 2 aromatic rings. The van der Waals surface area contributed by atoms with Gasteiger partial charge in [-0.25, -0.2) is 4.39 Å². The van der Waals surface area contributed by atoms with Gasteiger partial charge >= 0.3 is 0 Å². The number of aliphatic hydroxyl groups is 1. The summed E-state index contributed by atoms with van der Waals surface area (Å²) in [6.07, 6.45) is 3.83. The molecule has 1 aromatic heterocycles. The van der Waals surface area contributed by atoms with Crippen molar-refractivity contribution < 1.29 is 9.50 Å². The first-order chi connectivity index (χ1) is 13.1. The summed E-state index contributed by atoms with van der Waals surface area (Å²) in [7, 11) is 0. The third-order valence-corrected chi connectivity index (χ3v) is 5.37. The molecule has 1 aliphatic heterocycles. The molecule has 0 spiro atoms. The number of aromatic amines is 1. The average Bonchev–Trinajstić information content (AvgIpc) is 3.09. The van der Waals surface area contributed by atoms with Crippen LogP contribution >= 0.6 is 0 Å². The van der Waals surface area contributed by atoms with Crippen LogP contribution in [0.2, 0.25) is 0 Å². The second kappa shape index (κ2) is 9.44. The van der Waals surface area contributed by atoms with Crippen LogP contribution in [-0.2, 0) is 6.54 Å². The summed E-state index contributed by atoms with van der Waals surface area (Å²) in [4.78, 5) is 4.94. The highest BCUT2D eigenvalue weighted by atomic mass is 19.1. The number of H-pyrrole nitrogens is 1. The highest BCUT2D eigenvalue weighted by Crippen LogP contribution is 2.24. The minimum Gasteiger partial charge on any atom is -0.396 e. The molecule has 1 aromatic carbocycles. The van der Waals surface area contributed by atoms with Crippen molar-refractivity contribution in [3.8, 4) is 11.3 Å². The van der Waals surface area contributed by atoms with E-state index in [1.807, 2.05) is 12.3 Å². The molecule has 1 saturated heterocycles. The smallest absolute Gasteiger partial charge is 0.123 e. The molecule has 5 nitrogen and oxygen atoms in total. The number of nitrogens with one attached hydrogen (secondary N) is 1. The molecule has 1 atom stereocenters. The number of hydrogen-bond donors (Lipinski definition) is 2. The van der Waals surface area contributed by atoms with E-state index in [-0.39, 0.29) is 12.4 Å². The zero-order valence-electron chi connectivity index (χ0n) is 16.4. The van der Waals surface area contributed by atoms with Crippen LogP contribution in [0.3, 0.4) is 0 Å². The molecule has 148 valence electrons. The molecule has 2 heterocycles. The second-order valence-electron chi connectivity index (χ2n) is 7.90. The van der Waals surface area contributed by atoms with Gasteiger partial charge in [-0.05, 0) is 37.4 Å². The molecule has 0 bridgehead atoms. The normalized spacial score (nSPS) is 19.1. The van der Waals surface area contributed by atoms with Gasteiger partial charge in [-0.3, -0.25) is 14.9 Å². The number of benzene rings is 1. The second-order valence-corrected chi connectivity index (χ2v) is 7.90. The Kier molecular flexibility index (Phi) is 6.99. The quantitative estimate of drug-likeness (QED) is 0.745. The minimum atomic E-state index is -0.241. The first kappa shape index (κ1) is 20.0. The van der Waals surface area contributed by atoms with E-state index in [9.17, 15) is 9.50 Å². The Morgan fingerprint density at radius 1 is 1.33 bits per heavy atom. The predicted molar refractivity (Wildman–Crippen MR) is 106 cm³/mol. The van der Waals surface area contributed by atoms with Crippen molar-refractivity contribution in [1.29, 1.82) is 0 Å². The van der Waals surface area contributed by atoms with Gasteiger partial charge in [0.25, 0.3) is 0 Å². The topological polar surface area (TPSA) is 55.4 Å². The van der Waals surface area contributed by atoms with Gasteiger partial charge < -0.3 is 5.11 Å². The molecular weight excluding hydrogens is 343 g/mol. The van der Waals surface area contributed by atoms with Gasteiger partial charge in [0.15, 0.2) is 0 Å². The summed E-state index contributed by atoms with van der Waals surface area (Å²) in [6, 6.07) is 7.00. The van der Waals surface area contributed by atoms with E-state index in [0.717, 1.165) is 56.0 Å². The standard InChI is InChI=1S/C21H31FN4O/c1-16(2)6-8-26-10-9-25(15-20(26)7-11-27)14-18-13-23-24-21(18)17-4-3-5-19(22)12-17/h3-5,12-13,16,20,27H,6-11,14-15H2,1-2H3,(H,23,24)/t20-/m1/s1. The molecule has 6 heteroatoms. The summed E-state index contributed by atoms with van der Waals surface area (Å²) in [5.74, 6) is 0.451. The van der Waals surface area contributed by atoms with Gasteiger partial charge in [-0.15, -0.1) is 0 Å². The fraction of sp³-hybridized carbons (Fsp3) is 0.571. The van der Waals surface area contributed by atoms with Crippen molar-refractivity contribution in [2.45, 2.75) is 39.3 Å². The maximum Gasteiger partial charge on any atom is 0.123 e. The van der Waals surface area contributed by atoms with Crippen LogP contribution in [0.4, 0.5) is 4.39 Å². The van der Waals surface area contributed by atoms with E-state index in [0.29, 0.717) is 12.0 Å². The Balaban J connectivity index is 1.66. The van der Waals surface area contributed by atoms with Crippen molar-refractivity contribution in [2.24, 2.45) is 5.92 Å². The van der Waals surface area contributed by atoms with E-state index < -0.39 is 0 Å². The third-order valence-electron chi connectivity index (χ3n) is 5.37. The molecule has 2 N–H and O–H groups in total. The number of hydrogen-bond acceptors (Lipinski definition) is 4. The van der Waals surface area contributed by atoms with Crippen LogP contribution in [0.5, 0.6) is 0 Å². The predicted octanol–water partition coefficient (Wildman–Crippen LogP) is 3.13. The zero-order chi connectivity index (χ0) is 19.2. The zero-order valence-corrected chi connectivity index (χ0v) is 16.4. The van der Waals surface area contributed by atoms with Gasteiger partial charge in [-0.2, -0.15) is 5.10 Å². The monoisotopic (exact) mass is 374 g/mol. The average molecular weight is 375 g/mol. The summed E-state index contributed by atoms with van der Waals surface area (Å²) >= 11 is 0. The molecule has 1 aliphatic rings. The number of rotatable bonds is 8. The lowest BCUT2D eigenvalue weighted by atomic mass is 10.0. The Hall–Kier alpha value is -1.76. The van der Waals surface area contributed by atoms with E-state index in [2.05, 4.69) is 33.8 Å². The van der Waals surface area contributed by atoms with Crippen molar-refractivity contribution in [3.05, 3.63) is 41.8 Å². The maximum atomic E-state index is 13.6. The molecule has 0 amide bonds. The summed E-state index contributed by atoms with van der Waals surface area (Å²) in [6.45, 7) is 9.55. The largest absolute Gasteiger partial charge is 0.396 e. The first-order valence-corrected chi connectivity index (χ1v) is 9.92. The van der Waals surface area contributed by atoms with Crippen molar-refractivity contribution in [1.82, 2.24) is 20.0 Å². The Morgan fingerprint density at radius 2 is 2.19 bits per heavy atom. The maximum absolute atomic E-state index is 13.6. The lowest BCUT2D eigenvalue weighted by molar-refractivity contribution is 0.0525. The SMILES string of the molecule is CC(C)CCN1CCN(Cc2cn[nH]c2-c2cccc(F)c2)C[C@H]1CCO. The van der Waals surface area contributed by atoms with Crippen molar-refractivity contribution >= 4 is 0 Å².